The number of carboxylic acids is 1. The van der Waals surface area contributed by atoms with E-state index in [1.165, 1.54) is 0 Å². The van der Waals surface area contributed by atoms with Crippen molar-refractivity contribution < 1.29 is 70.8 Å². The van der Waals surface area contributed by atoms with E-state index >= 15 is 0 Å². The summed E-state index contributed by atoms with van der Waals surface area (Å²) in [6, 6.07) is 0. The molecule has 0 bridgehead atoms. The molecule has 5 heteroatoms. The number of rotatable bonds is 3. The van der Waals surface area contributed by atoms with Crippen molar-refractivity contribution in [3.63, 3.8) is 0 Å². The van der Waals surface area contributed by atoms with Crippen LogP contribution in [0, 0.1) is 0 Å². The Labute approximate surface area is 120 Å². The van der Waals surface area contributed by atoms with Gasteiger partial charge in [-0.1, -0.05) is 13.2 Å². The molecule has 0 aliphatic carbocycles. The van der Waals surface area contributed by atoms with Crippen LogP contribution in [0.5, 0.6) is 0 Å². The molecule has 0 heterocycles. The third-order valence-corrected chi connectivity index (χ3v) is 0.620. The van der Waals surface area contributed by atoms with Crippen LogP contribution in [0.2, 0.25) is 0 Å². The Bertz CT molecular complexity index is 177. The molecule has 0 aromatic carbocycles. The molecule has 0 rings (SSSR count). The Morgan fingerprint density at radius 3 is 1.85 bits per heavy atom. The molecule has 0 spiro atoms. The summed E-state index contributed by atoms with van der Waals surface area (Å²) in [5.41, 5.74) is 0. The zero-order chi connectivity index (χ0) is 9.98. The topological polar surface area (TPSA) is 66.4 Å². The fourth-order valence-corrected chi connectivity index (χ4v) is 0.201. The van der Waals surface area contributed by atoms with Gasteiger partial charge in [0.15, 0.2) is 0 Å². The number of ether oxygens (including phenoxy) is 1. The van der Waals surface area contributed by atoms with Crippen molar-refractivity contribution in [3.8, 4) is 0 Å². The second kappa shape index (κ2) is 14.6. The number of esters is 1. The molecule has 0 aromatic rings. The van der Waals surface area contributed by atoms with Gasteiger partial charge < -0.3 is 14.6 Å². The largest absolute Gasteiger partial charge is 1.00 e. The van der Waals surface area contributed by atoms with Gasteiger partial charge in [0.2, 0.25) is 0 Å². The molecule has 0 amide bonds. The second-order valence-electron chi connectivity index (χ2n) is 1.48. The van der Waals surface area contributed by atoms with Gasteiger partial charge in [-0.05, 0) is 13.0 Å². The zero-order valence-electron chi connectivity index (χ0n) is 7.91. The fraction of sp³-hybridized carbons (Fsp3) is 0.250. The summed E-state index contributed by atoms with van der Waals surface area (Å²) >= 11 is 0. The van der Waals surface area contributed by atoms with Crippen molar-refractivity contribution in [2.24, 2.45) is 0 Å². The summed E-state index contributed by atoms with van der Waals surface area (Å²) in [6.07, 6.45) is 1.86. The van der Waals surface area contributed by atoms with Crippen LogP contribution in [-0.4, -0.2) is 18.5 Å². The average molecular weight is 210 g/mol. The van der Waals surface area contributed by atoms with E-state index in [-0.39, 0.29) is 57.4 Å². The Balaban J connectivity index is -0.000000150. The summed E-state index contributed by atoms with van der Waals surface area (Å²) < 4.78 is 4.43. The molecule has 0 N–H and O–H groups in total. The maximum absolute atomic E-state index is 10.1. The minimum absolute atomic E-state index is 0. The smallest absolute Gasteiger partial charge is 0.545 e. The van der Waals surface area contributed by atoms with Crippen molar-refractivity contribution in [2.75, 3.05) is 6.61 Å². The molecule has 0 aliphatic heterocycles. The van der Waals surface area contributed by atoms with Gasteiger partial charge in [0.1, 0.15) is 0 Å². The van der Waals surface area contributed by atoms with Crippen molar-refractivity contribution >= 4 is 11.9 Å². The first-order valence-electron chi connectivity index (χ1n) is 3.21. The number of carboxylic acid groups (broad SMARTS) is 1. The van der Waals surface area contributed by atoms with Crippen LogP contribution in [0.4, 0.5) is 0 Å². The standard InChI is InChI=1S/C5H8O2.C3H4O2.K/c1-3-5(6)7-4-2;1-2-3(4)5;/h3H,1,4H2,2H3;2H,1H2,(H,4,5);/q;;+1/p-1. The maximum atomic E-state index is 10.1. The minimum Gasteiger partial charge on any atom is -0.545 e. The van der Waals surface area contributed by atoms with E-state index in [2.05, 4.69) is 17.9 Å². The number of aliphatic carboxylic acids is 1. The third-order valence-electron chi connectivity index (χ3n) is 0.620. The van der Waals surface area contributed by atoms with Gasteiger partial charge in [0.05, 0.1) is 12.6 Å². The monoisotopic (exact) mass is 210 g/mol. The predicted molar refractivity (Wildman–Crippen MR) is 42.0 cm³/mol. The molecular formula is C8H11KO4. The Hall–Kier alpha value is 0.0564. The molecule has 4 nitrogen and oxygen atoms in total. The third kappa shape index (κ3) is 24.5. The summed E-state index contributed by atoms with van der Waals surface area (Å²) in [6.45, 7) is 8.28. The van der Waals surface area contributed by atoms with Gasteiger partial charge in [0.25, 0.3) is 0 Å². The van der Waals surface area contributed by atoms with Crippen LogP contribution in [0.15, 0.2) is 25.3 Å². The maximum Gasteiger partial charge on any atom is 1.00 e. The molecule has 0 saturated carbocycles. The van der Waals surface area contributed by atoms with Gasteiger partial charge in [-0.25, -0.2) is 4.79 Å². The first-order valence-corrected chi connectivity index (χ1v) is 3.21. The van der Waals surface area contributed by atoms with Gasteiger partial charge in [-0.2, -0.15) is 0 Å². The summed E-state index contributed by atoms with van der Waals surface area (Å²) in [5.74, 6) is -1.59. The van der Waals surface area contributed by atoms with E-state index in [9.17, 15) is 4.79 Å². The Morgan fingerprint density at radius 2 is 1.77 bits per heavy atom. The van der Waals surface area contributed by atoms with Crippen LogP contribution in [0.1, 0.15) is 6.92 Å². The van der Waals surface area contributed by atoms with Crippen molar-refractivity contribution in [3.05, 3.63) is 25.3 Å². The summed E-state index contributed by atoms with van der Waals surface area (Å²) in [5, 5.41) is 9.14. The number of carbonyl (C=O) groups is 2. The van der Waals surface area contributed by atoms with Crippen LogP contribution in [0.3, 0.4) is 0 Å². The van der Waals surface area contributed by atoms with E-state index in [4.69, 9.17) is 9.90 Å². The van der Waals surface area contributed by atoms with Crippen LogP contribution >= 0.6 is 0 Å². The van der Waals surface area contributed by atoms with Gasteiger partial charge in [0, 0.05) is 6.08 Å². The fourth-order valence-electron chi connectivity index (χ4n) is 0.201. The first kappa shape index (κ1) is 18.8. The molecule has 0 unspecified atom stereocenters. The van der Waals surface area contributed by atoms with Gasteiger partial charge in [-0.15, -0.1) is 0 Å². The molecular weight excluding hydrogens is 199 g/mol. The number of hydrogen-bond donors (Lipinski definition) is 0. The zero-order valence-corrected chi connectivity index (χ0v) is 11.0. The second-order valence-corrected chi connectivity index (χ2v) is 1.48. The quantitative estimate of drug-likeness (QED) is 0.277. The molecule has 0 radical (unpaired) electrons. The number of hydrogen-bond acceptors (Lipinski definition) is 4. The molecule has 0 aliphatic rings. The van der Waals surface area contributed by atoms with Crippen molar-refractivity contribution in [2.45, 2.75) is 6.92 Å². The van der Waals surface area contributed by atoms with Crippen molar-refractivity contribution in [1.82, 2.24) is 0 Å². The van der Waals surface area contributed by atoms with E-state index in [0.29, 0.717) is 6.61 Å². The van der Waals surface area contributed by atoms with E-state index in [1.54, 1.807) is 6.92 Å². The van der Waals surface area contributed by atoms with Crippen LogP contribution in [-0.2, 0) is 14.3 Å². The molecule has 0 saturated heterocycles. The van der Waals surface area contributed by atoms with E-state index in [0.717, 1.165) is 12.2 Å². The van der Waals surface area contributed by atoms with Crippen LogP contribution in [0.25, 0.3) is 0 Å². The Morgan fingerprint density at radius 1 is 1.38 bits per heavy atom. The molecule has 0 atom stereocenters. The molecule has 13 heavy (non-hydrogen) atoms. The first-order chi connectivity index (χ1) is 5.58. The van der Waals surface area contributed by atoms with E-state index in [1.807, 2.05) is 0 Å². The predicted octanol–water partition coefficient (Wildman–Crippen LogP) is -3.34. The SMILES string of the molecule is C=CC(=O)OCC.C=CC(=O)[O-].[K+]. The van der Waals surface area contributed by atoms with Crippen LogP contribution < -0.4 is 56.5 Å². The van der Waals surface area contributed by atoms with Gasteiger partial charge >= 0.3 is 57.4 Å². The Kier molecular flexibility index (Phi) is 21.0. The summed E-state index contributed by atoms with van der Waals surface area (Å²) in [7, 11) is 0. The van der Waals surface area contributed by atoms with Crippen molar-refractivity contribution in [1.29, 1.82) is 0 Å². The molecule has 0 fully saturated rings. The van der Waals surface area contributed by atoms with Gasteiger partial charge in [-0.3, -0.25) is 0 Å². The minimum atomic E-state index is -1.23. The molecule has 0 aromatic heterocycles. The summed E-state index contributed by atoms with van der Waals surface area (Å²) in [4.78, 5) is 19.2. The molecule has 68 valence electrons. The van der Waals surface area contributed by atoms with E-state index < -0.39 is 5.97 Å². The number of carbonyl (C=O) groups excluding carboxylic acids is 2. The average Bonchev–Trinajstić information content (AvgIpc) is 2.06. The normalized spacial score (nSPS) is 6.54.